The molecule has 0 radical (unpaired) electrons. The number of nitro groups is 2. The molecule has 2 rings (SSSR count). The van der Waals surface area contributed by atoms with Gasteiger partial charge in [0.05, 0.1) is 21.0 Å². The van der Waals surface area contributed by atoms with Gasteiger partial charge in [0.1, 0.15) is 0 Å². The van der Waals surface area contributed by atoms with Crippen molar-refractivity contribution in [2.24, 2.45) is 0 Å². The first kappa shape index (κ1) is 13.7. The summed E-state index contributed by atoms with van der Waals surface area (Å²) >= 11 is 0. The van der Waals surface area contributed by atoms with Gasteiger partial charge < -0.3 is 0 Å². The number of nitro benzene ring substituents is 2. The minimum Gasteiger partial charge on any atom is -0.258 e. The summed E-state index contributed by atoms with van der Waals surface area (Å²) in [7, 11) is 0. The quantitative estimate of drug-likeness (QED) is 0.628. The van der Waals surface area contributed by atoms with Crippen molar-refractivity contribution in [3.63, 3.8) is 0 Å². The van der Waals surface area contributed by atoms with E-state index < -0.39 is 9.85 Å². The fourth-order valence-electron chi connectivity index (χ4n) is 2.04. The summed E-state index contributed by atoms with van der Waals surface area (Å²) in [6, 6.07) is 9.33. The predicted octanol–water partition coefficient (Wildman–Crippen LogP) is 3.79. The zero-order chi connectivity index (χ0) is 14.9. The van der Waals surface area contributed by atoms with Crippen molar-refractivity contribution in [2.45, 2.75) is 13.8 Å². The topological polar surface area (TPSA) is 86.3 Å². The summed E-state index contributed by atoms with van der Waals surface area (Å²) in [6.45, 7) is 3.47. The first-order valence-electron chi connectivity index (χ1n) is 5.90. The lowest BCUT2D eigenvalue weighted by Gasteiger charge is -2.06. The lowest BCUT2D eigenvalue weighted by atomic mass is 9.99. The van der Waals surface area contributed by atoms with Crippen LogP contribution >= 0.6 is 0 Å². The molecule has 0 spiro atoms. The Labute approximate surface area is 115 Å². The molecule has 6 nitrogen and oxygen atoms in total. The van der Waals surface area contributed by atoms with Crippen molar-refractivity contribution in [1.82, 2.24) is 0 Å². The van der Waals surface area contributed by atoms with Gasteiger partial charge in [-0.1, -0.05) is 12.1 Å². The fraction of sp³-hybridized carbons (Fsp3) is 0.143. The molecule has 0 bridgehead atoms. The maximum absolute atomic E-state index is 11.1. The summed E-state index contributed by atoms with van der Waals surface area (Å²) < 4.78 is 0. The van der Waals surface area contributed by atoms with Gasteiger partial charge in [-0.3, -0.25) is 20.2 Å². The highest BCUT2D eigenvalue weighted by molar-refractivity contribution is 5.81. The van der Waals surface area contributed by atoms with Crippen molar-refractivity contribution >= 4 is 11.4 Å². The number of hydrogen-bond donors (Lipinski definition) is 0. The van der Waals surface area contributed by atoms with E-state index in [4.69, 9.17) is 0 Å². The average molecular weight is 272 g/mol. The number of nitrogens with zero attached hydrogens (tertiary/aromatic N) is 2. The molecule has 0 atom stereocenters. The molecule has 0 N–H and O–H groups in total. The highest BCUT2D eigenvalue weighted by Crippen LogP contribution is 2.36. The molecule has 2 aromatic carbocycles. The van der Waals surface area contributed by atoms with Crippen LogP contribution in [-0.4, -0.2) is 9.85 Å². The van der Waals surface area contributed by atoms with Crippen molar-refractivity contribution < 1.29 is 9.85 Å². The summed E-state index contributed by atoms with van der Waals surface area (Å²) in [5, 5.41) is 22.3. The van der Waals surface area contributed by atoms with Crippen molar-refractivity contribution in [2.75, 3.05) is 0 Å². The van der Waals surface area contributed by atoms with Gasteiger partial charge >= 0.3 is 0 Å². The van der Waals surface area contributed by atoms with E-state index in [0.717, 1.165) is 11.1 Å². The summed E-state index contributed by atoms with van der Waals surface area (Å²) in [4.78, 5) is 21.2. The van der Waals surface area contributed by atoms with Crippen molar-refractivity contribution in [3.8, 4) is 11.1 Å². The van der Waals surface area contributed by atoms with Gasteiger partial charge in [0, 0.05) is 12.1 Å². The van der Waals surface area contributed by atoms with Crippen LogP contribution in [0.2, 0.25) is 0 Å². The van der Waals surface area contributed by atoms with E-state index in [-0.39, 0.29) is 22.5 Å². The van der Waals surface area contributed by atoms with E-state index >= 15 is 0 Å². The zero-order valence-electron chi connectivity index (χ0n) is 11.0. The van der Waals surface area contributed by atoms with Crippen molar-refractivity contribution in [1.29, 1.82) is 0 Å². The van der Waals surface area contributed by atoms with Gasteiger partial charge in [-0.25, -0.2) is 0 Å². The highest BCUT2D eigenvalue weighted by Gasteiger charge is 2.22. The molecule has 0 unspecified atom stereocenters. The molecule has 0 heterocycles. The molecular formula is C14H12N2O4. The Hall–Kier alpha value is -2.76. The van der Waals surface area contributed by atoms with Crippen LogP contribution in [0.1, 0.15) is 11.1 Å². The Balaban J connectivity index is 2.75. The second-order valence-electron chi connectivity index (χ2n) is 4.56. The Kier molecular flexibility index (Phi) is 3.47. The minimum atomic E-state index is -0.522. The van der Waals surface area contributed by atoms with Crippen LogP contribution in [0.4, 0.5) is 11.4 Å². The van der Waals surface area contributed by atoms with E-state index in [0.29, 0.717) is 0 Å². The molecular weight excluding hydrogens is 260 g/mol. The number of aryl methyl sites for hydroxylation is 2. The SMILES string of the molecule is Cc1ccc(-c2ccc(C)cc2[N+](=O)[O-])c([N+](=O)[O-])c1. The van der Waals surface area contributed by atoms with Gasteiger partial charge in [0.2, 0.25) is 0 Å². The van der Waals surface area contributed by atoms with Crippen LogP contribution < -0.4 is 0 Å². The monoisotopic (exact) mass is 272 g/mol. The third-order valence-electron chi connectivity index (χ3n) is 2.99. The summed E-state index contributed by atoms with van der Waals surface area (Å²) in [6.07, 6.45) is 0. The lowest BCUT2D eigenvalue weighted by molar-refractivity contribution is -0.386. The second-order valence-corrected chi connectivity index (χ2v) is 4.56. The molecule has 0 aliphatic carbocycles. The summed E-state index contributed by atoms with van der Waals surface area (Å²) in [5.74, 6) is 0. The normalized spacial score (nSPS) is 10.3. The standard InChI is InChI=1S/C14H12N2O4/c1-9-3-5-11(13(7-9)15(17)18)12-6-4-10(2)8-14(12)16(19)20/h3-8H,1-2H3. The molecule has 20 heavy (non-hydrogen) atoms. The Morgan fingerprint density at radius 3 is 1.40 bits per heavy atom. The van der Waals surface area contributed by atoms with Crippen LogP contribution in [0.5, 0.6) is 0 Å². The van der Waals surface area contributed by atoms with Gasteiger partial charge in [-0.15, -0.1) is 0 Å². The molecule has 0 saturated heterocycles. The van der Waals surface area contributed by atoms with Crippen LogP contribution in [0.3, 0.4) is 0 Å². The molecule has 0 saturated carbocycles. The molecule has 0 aromatic heterocycles. The molecule has 6 heteroatoms. The first-order chi connectivity index (χ1) is 9.40. The van der Waals surface area contributed by atoms with Crippen LogP contribution in [0, 0.1) is 34.1 Å². The lowest BCUT2D eigenvalue weighted by Crippen LogP contribution is -1.97. The third kappa shape index (κ3) is 2.49. The number of benzene rings is 2. The Morgan fingerprint density at radius 2 is 1.10 bits per heavy atom. The zero-order valence-corrected chi connectivity index (χ0v) is 11.0. The predicted molar refractivity (Wildman–Crippen MR) is 74.7 cm³/mol. The third-order valence-corrected chi connectivity index (χ3v) is 2.99. The molecule has 0 aliphatic rings. The number of rotatable bonds is 3. The van der Waals surface area contributed by atoms with E-state index in [9.17, 15) is 20.2 Å². The fourth-order valence-corrected chi connectivity index (χ4v) is 2.04. The Bertz CT molecular complexity index is 649. The second kappa shape index (κ2) is 5.08. The van der Waals surface area contributed by atoms with Gasteiger partial charge in [-0.05, 0) is 37.1 Å². The summed E-state index contributed by atoms with van der Waals surface area (Å²) in [5.41, 5.74) is 1.72. The van der Waals surface area contributed by atoms with Gasteiger partial charge in [0.15, 0.2) is 0 Å². The van der Waals surface area contributed by atoms with Crippen molar-refractivity contribution in [3.05, 3.63) is 67.8 Å². The number of hydrogen-bond acceptors (Lipinski definition) is 4. The van der Waals surface area contributed by atoms with Gasteiger partial charge in [0.25, 0.3) is 11.4 Å². The molecule has 102 valence electrons. The largest absolute Gasteiger partial charge is 0.277 e. The molecule has 0 aliphatic heterocycles. The average Bonchev–Trinajstić information content (AvgIpc) is 2.38. The van der Waals surface area contributed by atoms with E-state index in [1.54, 1.807) is 38.1 Å². The van der Waals surface area contributed by atoms with Crippen LogP contribution in [0.15, 0.2) is 36.4 Å². The van der Waals surface area contributed by atoms with E-state index in [2.05, 4.69) is 0 Å². The van der Waals surface area contributed by atoms with E-state index in [1.165, 1.54) is 12.1 Å². The van der Waals surface area contributed by atoms with Crippen LogP contribution in [0.25, 0.3) is 11.1 Å². The first-order valence-corrected chi connectivity index (χ1v) is 5.90. The maximum atomic E-state index is 11.1. The molecule has 0 fully saturated rings. The van der Waals surface area contributed by atoms with Crippen LogP contribution in [-0.2, 0) is 0 Å². The molecule has 2 aromatic rings. The van der Waals surface area contributed by atoms with Gasteiger partial charge in [-0.2, -0.15) is 0 Å². The minimum absolute atomic E-state index is 0.128. The molecule has 0 amide bonds. The Morgan fingerprint density at radius 1 is 0.750 bits per heavy atom. The maximum Gasteiger partial charge on any atom is 0.277 e. The smallest absolute Gasteiger partial charge is 0.258 e. The van der Waals surface area contributed by atoms with E-state index in [1.807, 2.05) is 0 Å². The highest BCUT2D eigenvalue weighted by atomic mass is 16.6.